The van der Waals surface area contributed by atoms with Crippen molar-refractivity contribution in [3.63, 3.8) is 0 Å². The Kier molecular flexibility index (Phi) is 205. The summed E-state index contributed by atoms with van der Waals surface area (Å²) in [6.45, 7) is 3.86. The van der Waals surface area contributed by atoms with Gasteiger partial charge in [-0.25, -0.2) is 0 Å². The molecule has 0 aliphatic rings. The fourth-order valence-electron chi connectivity index (χ4n) is 0. The monoisotopic (exact) mass is 206 g/mol. The summed E-state index contributed by atoms with van der Waals surface area (Å²) in [4.78, 5) is 0. The fourth-order valence-corrected chi connectivity index (χ4v) is 0. The second kappa shape index (κ2) is 58.3. The van der Waals surface area contributed by atoms with Gasteiger partial charge in [0.1, 0.15) is 0 Å². The Morgan fingerprint density at radius 2 is 0.889 bits per heavy atom. The van der Waals surface area contributed by atoms with Crippen LogP contribution in [0.25, 0.3) is 0 Å². The minimum absolute atomic E-state index is 0. The smallest absolute Gasteiger partial charge is 0.813 e. The van der Waals surface area contributed by atoms with E-state index in [0.717, 1.165) is 0 Å². The number of hydrogen-bond donors (Lipinski definition) is 2. The molecular weight excluding hydrogens is 192 g/mol. The van der Waals surface area contributed by atoms with E-state index in [4.69, 9.17) is 10.2 Å². The number of aliphatic hydroxyl groups is 2. The summed E-state index contributed by atoms with van der Waals surface area (Å²) in [7, 11) is 0. The topological polar surface area (TPSA) is 40.5 Å². The zero-order chi connectivity index (χ0) is 5.41. The summed E-state index contributed by atoms with van der Waals surface area (Å²) in [5.74, 6) is 0. The molecule has 0 bridgehead atoms. The third-order valence-corrected chi connectivity index (χ3v) is 0. The van der Waals surface area contributed by atoms with Crippen molar-refractivity contribution in [2.24, 2.45) is 0 Å². The molecular formula is C4H14O2S2Ti. The number of thiol groups is 2. The van der Waals surface area contributed by atoms with Crippen LogP contribution in [-0.2, 0) is 48.7 Å². The van der Waals surface area contributed by atoms with Gasteiger partial charge in [0, 0.05) is 13.2 Å². The Morgan fingerprint density at radius 1 is 0.889 bits per heavy atom. The first-order valence-electron chi connectivity index (χ1n) is 2.05. The van der Waals surface area contributed by atoms with Gasteiger partial charge in [0.2, 0.25) is 0 Å². The van der Waals surface area contributed by atoms with E-state index in [-0.39, 0.29) is 61.9 Å². The minimum atomic E-state index is 0. The fraction of sp³-hybridized carbons (Fsp3) is 1.00. The van der Waals surface area contributed by atoms with Crippen molar-refractivity contribution >= 4 is 27.0 Å². The Bertz CT molecular complexity index is 18.5. The van der Waals surface area contributed by atoms with Gasteiger partial charge in [-0.2, -0.15) is 0 Å². The average Bonchev–Trinajstić information content (AvgIpc) is 1.39. The van der Waals surface area contributed by atoms with Crippen LogP contribution in [0.15, 0.2) is 0 Å². The first-order chi connectivity index (χ1) is 2.83. The van der Waals surface area contributed by atoms with Crippen LogP contribution < -0.4 is 0 Å². The van der Waals surface area contributed by atoms with Crippen molar-refractivity contribution in [2.45, 2.75) is 13.8 Å². The molecule has 0 aliphatic heterocycles. The van der Waals surface area contributed by atoms with Crippen LogP contribution in [-0.4, -0.2) is 23.4 Å². The van der Waals surface area contributed by atoms with Crippen LogP contribution in [0.3, 0.4) is 0 Å². The third-order valence-electron chi connectivity index (χ3n) is 0. The Labute approximate surface area is 85.8 Å². The number of aliphatic hydroxyl groups excluding tert-OH is 2. The predicted octanol–water partition coefficient (Wildman–Crippen LogP) is -0.545. The normalized spacial score (nSPS) is 4.00. The minimum Gasteiger partial charge on any atom is -0.813 e. The van der Waals surface area contributed by atoms with E-state index in [0.29, 0.717) is 0 Å². The molecule has 58 valence electrons. The molecule has 0 rings (SSSR count). The van der Waals surface area contributed by atoms with Crippen molar-refractivity contribution < 1.29 is 31.9 Å². The second-order valence-electron chi connectivity index (χ2n) is 0.632. The van der Waals surface area contributed by atoms with Gasteiger partial charge in [-0.3, -0.25) is 0 Å². The summed E-state index contributed by atoms with van der Waals surface area (Å²) in [6, 6.07) is 0. The van der Waals surface area contributed by atoms with Crippen molar-refractivity contribution in [3.8, 4) is 0 Å². The molecule has 2 N–H and O–H groups in total. The van der Waals surface area contributed by atoms with Crippen molar-refractivity contribution in [3.05, 3.63) is 0 Å². The molecule has 0 aromatic heterocycles. The summed E-state index contributed by atoms with van der Waals surface area (Å²) in [5.41, 5.74) is 0. The SMILES string of the molecule is CCO.CCO.[SH-].[SH-].[Ti+2]. The maximum Gasteiger partial charge on any atom is 2.00 e. The van der Waals surface area contributed by atoms with Crippen LogP contribution in [0.1, 0.15) is 13.8 Å². The van der Waals surface area contributed by atoms with E-state index >= 15 is 0 Å². The molecule has 0 amide bonds. The molecule has 0 aliphatic carbocycles. The summed E-state index contributed by atoms with van der Waals surface area (Å²) < 4.78 is 0. The number of rotatable bonds is 0. The van der Waals surface area contributed by atoms with Gasteiger partial charge in [-0.05, 0) is 13.8 Å². The maximum absolute atomic E-state index is 7.57. The van der Waals surface area contributed by atoms with Gasteiger partial charge in [0.05, 0.1) is 0 Å². The molecule has 9 heavy (non-hydrogen) atoms. The quantitative estimate of drug-likeness (QED) is 0.317. The largest absolute Gasteiger partial charge is 2.00 e. The zero-order valence-corrected chi connectivity index (χ0v) is 9.05. The summed E-state index contributed by atoms with van der Waals surface area (Å²) in [6.07, 6.45) is 0. The molecule has 0 aromatic rings. The molecule has 0 heterocycles. The third kappa shape index (κ3) is 282. The summed E-state index contributed by atoms with van der Waals surface area (Å²) >= 11 is 0. The van der Waals surface area contributed by atoms with Crippen LogP contribution in [0, 0.1) is 0 Å². The standard InChI is InChI=1S/2C2H6O.2H2S.Ti/c2*1-2-3;;;/h2*3H,2H2,1H3;2*1H2;/q;;;;+2/p-2. The Balaban J connectivity index is -0.00000000889. The zero-order valence-electron chi connectivity index (χ0n) is 5.70. The second-order valence-corrected chi connectivity index (χ2v) is 0.632. The first-order valence-corrected chi connectivity index (χ1v) is 2.05. The van der Waals surface area contributed by atoms with Crippen LogP contribution in [0.5, 0.6) is 0 Å². The maximum atomic E-state index is 7.57. The molecule has 0 atom stereocenters. The first kappa shape index (κ1) is 31.6. The average molecular weight is 206 g/mol. The van der Waals surface area contributed by atoms with Crippen molar-refractivity contribution in [2.75, 3.05) is 13.2 Å². The Hall–Kier alpha value is 1.33. The van der Waals surface area contributed by atoms with E-state index < -0.39 is 0 Å². The summed E-state index contributed by atoms with van der Waals surface area (Å²) in [5, 5.41) is 15.1. The molecule has 0 saturated carbocycles. The van der Waals surface area contributed by atoms with E-state index in [1.165, 1.54) is 0 Å². The van der Waals surface area contributed by atoms with Crippen molar-refractivity contribution in [1.82, 2.24) is 0 Å². The van der Waals surface area contributed by atoms with Crippen LogP contribution in [0.4, 0.5) is 0 Å². The van der Waals surface area contributed by atoms with Gasteiger partial charge in [-0.1, -0.05) is 0 Å². The van der Waals surface area contributed by atoms with Gasteiger partial charge >= 0.3 is 21.7 Å². The van der Waals surface area contributed by atoms with Gasteiger partial charge in [-0.15, -0.1) is 0 Å². The van der Waals surface area contributed by atoms with E-state index in [1.54, 1.807) is 13.8 Å². The molecule has 0 saturated heterocycles. The van der Waals surface area contributed by atoms with E-state index in [2.05, 4.69) is 0 Å². The molecule has 0 fully saturated rings. The van der Waals surface area contributed by atoms with Gasteiger partial charge in [0.15, 0.2) is 0 Å². The molecule has 0 spiro atoms. The van der Waals surface area contributed by atoms with Crippen molar-refractivity contribution in [1.29, 1.82) is 0 Å². The van der Waals surface area contributed by atoms with E-state index in [9.17, 15) is 0 Å². The molecule has 0 aromatic carbocycles. The molecule has 0 unspecified atom stereocenters. The molecule has 5 heteroatoms. The number of hydrogen-bond acceptors (Lipinski definition) is 4. The van der Waals surface area contributed by atoms with Crippen LogP contribution in [0.2, 0.25) is 0 Å². The van der Waals surface area contributed by atoms with Gasteiger partial charge in [0.25, 0.3) is 0 Å². The van der Waals surface area contributed by atoms with E-state index in [1.807, 2.05) is 0 Å². The Morgan fingerprint density at radius 3 is 0.889 bits per heavy atom. The predicted molar refractivity (Wildman–Crippen MR) is 43.0 cm³/mol. The van der Waals surface area contributed by atoms with Crippen LogP contribution >= 0.6 is 0 Å². The molecule has 0 radical (unpaired) electrons. The van der Waals surface area contributed by atoms with Gasteiger partial charge < -0.3 is 37.2 Å². The molecule has 2 nitrogen and oxygen atoms in total.